The average Bonchev–Trinajstić information content (AvgIpc) is 2.27. The van der Waals surface area contributed by atoms with Gasteiger partial charge in [-0.2, -0.15) is 0 Å². The lowest BCUT2D eigenvalue weighted by atomic mass is 9.93. The maximum absolute atomic E-state index is 13.8. The molecule has 0 aromatic heterocycles. The predicted octanol–water partition coefficient (Wildman–Crippen LogP) is 3.62. The molecule has 1 unspecified atom stereocenters. The fourth-order valence-corrected chi connectivity index (χ4v) is 1.49. The molecule has 2 nitrogen and oxygen atoms in total. The SMILES string of the molecule is CC(C(=O)O)c1cccc(C(F)(F)C(C)C)c1. The van der Waals surface area contributed by atoms with Crippen LogP contribution in [0.1, 0.15) is 37.8 Å². The summed E-state index contributed by atoms with van der Waals surface area (Å²) in [6.07, 6.45) is 0. The molecule has 0 heterocycles. The molecule has 0 saturated heterocycles. The van der Waals surface area contributed by atoms with Gasteiger partial charge in [0.15, 0.2) is 0 Å². The third kappa shape index (κ3) is 2.81. The molecule has 1 aromatic rings. The first-order valence-electron chi connectivity index (χ1n) is 5.48. The van der Waals surface area contributed by atoms with Gasteiger partial charge >= 0.3 is 5.97 Å². The Morgan fingerprint density at radius 3 is 2.35 bits per heavy atom. The molecule has 1 rings (SSSR count). The highest BCUT2D eigenvalue weighted by Crippen LogP contribution is 2.36. The molecule has 1 N–H and O–H groups in total. The zero-order valence-corrected chi connectivity index (χ0v) is 10.1. The van der Waals surface area contributed by atoms with E-state index in [9.17, 15) is 13.6 Å². The van der Waals surface area contributed by atoms with Gasteiger partial charge in [0.2, 0.25) is 0 Å². The van der Waals surface area contributed by atoms with Gasteiger partial charge in [-0.05, 0) is 18.6 Å². The van der Waals surface area contributed by atoms with Crippen molar-refractivity contribution in [1.82, 2.24) is 0 Å². The molecule has 4 heteroatoms. The van der Waals surface area contributed by atoms with Crippen LogP contribution in [-0.4, -0.2) is 11.1 Å². The molecule has 0 bridgehead atoms. The first-order chi connectivity index (χ1) is 7.76. The summed E-state index contributed by atoms with van der Waals surface area (Å²) in [5, 5.41) is 8.85. The number of rotatable bonds is 4. The van der Waals surface area contributed by atoms with Crippen LogP contribution < -0.4 is 0 Å². The molecule has 0 radical (unpaired) electrons. The van der Waals surface area contributed by atoms with Gasteiger partial charge in [0, 0.05) is 11.5 Å². The number of alkyl halides is 2. The Morgan fingerprint density at radius 2 is 1.88 bits per heavy atom. The Balaban J connectivity index is 3.14. The van der Waals surface area contributed by atoms with Crippen LogP contribution >= 0.6 is 0 Å². The van der Waals surface area contributed by atoms with Crippen molar-refractivity contribution in [2.45, 2.75) is 32.6 Å². The highest BCUT2D eigenvalue weighted by molar-refractivity contribution is 5.75. The Kier molecular flexibility index (Phi) is 3.86. The molecule has 0 aliphatic heterocycles. The van der Waals surface area contributed by atoms with Crippen molar-refractivity contribution < 1.29 is 18.7 Å². The van der Waals surface area contributed by atoms with Crippen LogP contribution in [0.15, 0.2) is 24.3 Å². The number of carboxylic acids is 1. The topological polar surface area (TPSA) is 37.3 Å². The molecule has 0 amide bonds. The lowest BCUT2D eigenvalue weighted by Gasteiger charge is -2.21. The predicted molar refractivity (Wildman–Crippen MR) is 61.2 cm³/mol. The number of aliphatic carboxylic acids is 1. The van der Waals surface area contributed by atoms with E-state index in [1.54, 1.807) is 6.07 Å². The number of hydrogen-bond donors (Lipinski definition) is 1. The number of carboxylic acid groups (broad SMARTS) is 1. The number of halogens is 2. The first kappa shape index (κ1) is 13.6. The van der Waals surface area contributed by atoms with E-state index in [1.807, 2.05) is 0 Å². The van der Waals surface area contributed by atoms with Crippen molar-refractivity contribution in [2.75, 3.05) is 0 Å². The zero-order chi connectivity index (χ0) is 13.2. The van der Waals surface area contributed by atoms with Crippen molar-refractivity contribution in [2.24, 2.45) is 5.92 Å². The highest BCUT2D eigenvalue weighted by atomic mass is 19.3. The van der Waals surface area contributed by atoms with Gasteiger partial charge < -0.3 is 5.11 Å². The fourth-order valence-electron chi connectivity index (χ4n) is 1.49. The van der Waals surface area contributed by atoms with Crippen molar-refractivity contribution in [3.8, 4) is 0 Å². The second-order valence-corrected chi connectivity index (χ2v) is 4.46. The summed E-state index contributed by atoms with van der Waals surface area (Å²) in [4.78, 5) is 10.8. The van der Waals surface area contributed by atoms with Crippen LogP contribution in [0, 0.1) is 5.92 Å². The summed E-state index contributed by atoms with van der Waals surface area (Å²) in [5.41, 5.74) is 0.272. The highest BCUT2D eigenvalue weighted by Gasteiger charge is 2.35. The number of carbonyl (C=O) groups is 1. The van der Waals surface area contributed by atoms with Gasteiger partial charge in [-0.3, -0.25) is 4.79 Å². The van der Waals surface area contributed by atoms with Crippen molar-refractivity contribution in [1.29, 1.82) is 0 Å². The van der Waals surface area contributed by atoms with E-state index < -0.39 is 23.7 Å². The Hall–Kier alpha value is -1.45. The third-order valence-electron chi connectivity index (χ3n) is 2.87. The second kappa shape index (κ2) is 4.82. The summed E-state index contributed by atoms with van der Waals surface area (Å²) in [6, 6.07) is 5.63. The molecule has 0 aliphatic carbocycles. The summed E-state index contributed by atoms with van der Waals surface area (Å²) in [6.45, 7) is 4.36. The maximum Gasteiger partial charge on any atom is 0.310 e. The Morgan fingerprint density at radius 1 is 1.29 bits per heavy atom. The fraction of sp³-hybridized carbons (Fsp3) is 0.462. The first-order valence-corrected chi connectivity index (χ1v) is 5.48. The van der Waals surface area contributed by atoms with E-state index in [-0.39, 0.29) is 5.56 Å². The van der Waals surface area contributed by atoms with E-state index >= 15 is 0 Å². The molecule has 94 valence electrons. The van der Waals surface area contributed by atoms with Crippen molar-refractivity contribution >= 4 is 5.97 Å². The van der Waals surface area contributed by atoms with Crippen LogP contribution in [-0.2, 0) is 10.7 Å². The summed E-state index contributed by atoms with van der Waals surface area (Å²) < 4.78 is 27.6. The van der Waals surface area contributed by atoms with Crippen LogP contribution in [0.3, 0.4) is 0 Å². The van der Waals surface area contributed by atoms with Crippen molar-refractivity contribution in [3.63, 3.8) is 0 Å². The lowest BCUT2D eigenvalue weighted by molar-refractivity contribution is -0.138. The van der Waals surface area contributed by atoms with Gasteiger partial charge in [-0.15, -0.1) is 0 Å². The maximum atomic E-state index is 13.8. The minimum Gasteiger partial charge on any atom is -0.481 e. The minimum atomic E-state index is -2.94. The molecule has 0 aliphatic rings. The second-order valence-electron chi connectivity index (χ2n) is 4.46. The van der Waals surface area contributed by atoms with Gasteiger partial charge in [-0.1, -0.05) is 32.0 Å². The normalized spacial score (nSPS) is 13.8. The summed E-state index contributed by atoms with van der Waals surface area (Å²) in [7, 11) is 0. The van der Waals surface area contributed by atoms with Crippen molar-refractivity contribution in [3.05, 3.63) is 35.4 Å². The van der Waals surface area contributed by atoms with E-state index in [4.69, 9.17) is 5.11 Å². The van der Waals surface area contributed by atoms with Gasteiger partial charge in [0.05, 0.1) is 5.92 Å². The van der Waals surface area contributed by atoms with E-state index in [2.05, 4.69) is 0 Å². The average molecular weight is 242 g/mol. The molecule has 0 spiro atoms. The smallest absolute Gasteiger partial charge is 0.310 e. The number of hydrogen-bond acceptors (Lipinski definition) is 1. The van der Waals surface area contributed by atoms with Gasteiger partial charge in [-0.25, -0.2) is 8.78 Å². The Labute approximate surface area is 99.3 Å². The van der Waals surface area contributed by atoms with Gasteiger partial charge in [0.1, 0.15) is 0 Å². The minimum absolute atomic E-state index is 0.127. The Bertz CT molecular complexity index is 414. The summed E-state index contributed by atoms with van der Waals surface area (Å²) >= 11 is 0. The van der Waals surface area contributed by atoms with Crippen LogP contribution in [0.2, 0.25) is 0 Å². The monoisotopic (exact) mass is 242 g/mol. The van der Waals surface area contributed by atoms with E-state index in [1.165, 1.54) is 39.0 Å². The molecule has 1 atom stereocenters. The largest absolute Gasteiger partial charge is 0.481 e. The quantitative estimate of drug-likeness (QED) is 0.875. The molecule has 0 fully saturated rings. The molecule has 1 aromatic carbocycles. The lowest BCUT2D eigenvalue weighted by Crippen LogP contribution is -2.21. The molecule has 17 heavy (non-hydrogen) atoms. The third-order valence-corrected chi connectivity index (χ3v) is 2.87. The van der Waals surface area contributed by atoms with Gasteiger partial charge in [0.25, 0.3) is 5.92 Å². The van der Waals surface area contributed by atoms with E-state index in [0.29, 0.717) is 5.56 Å². The van der Waals surface area contributed by atoms with Crippen LogP contribution in [0.5, 0.6) is 0 Å². The number of benzene rings is 1. The standard InChI is InChI=1S/C13H16F2O2/c1-8(2)13(14,15)11-6-4-5-10(7-11)9(3)12(16)17/h4-9H,1-3H3,(H,16,17). The van der Waals surface area contributed by atoms with Crippen LogP contribution in [0.4, 0.5) is 8.78 Å². The molecular weight excluding hydrogens is 226 g/mol. The molecule has 0 saturated carbocycles. The van der Waals surface area contributed by atoms with Crippen LogP contribution in [0.25, 0.3) is 0 Å². The van der Waals surface area contributed by atoms with E-state index in [0.717, 1.165) is 0 Å². The zero-order valence-electron chi connectivity index (χ0n) is 10.1. The molecular formula is C13H16F2O2. The summed E-state index contributed by atoms with van der Waals surface area (Å²) in [5.74, 6) is -5.56.